The zero-order chi connectivity index (χ0) is 11.7. The van der Waals surface area contributed by atoms with Crippen molar-refractivity contribution in [1.82, 2.24) is 5.32 Å². The molecule has 1 N–H and O–H groups in total. The van der Waals surface area contributed by atoms with Crippen molar-refractivity contribution in [3.05, 3.63) is 24.4 Å². The van der Waals surface area contributed by atoms with Gasteiger partial charge in [-0.1, -0.05) is 59.3 Å². The summed E-state index contributed by atoms with van der Waals surface area (Å²) in [7, 11) is 0. The molecule has 15 heavy (non-hydrogen) atoms. The number of nitrogens with one attached hydrogen (secondary N) is 1. The van der Waals surface area contributed by atoms with Gasteiger partial charge in [0.05, 0.1) is 0 Å². The summed E-state index contributed by atoms with van der Waals surface area (Å²) >= 11 is 0. The van der Waals surface area contributed by atoms with Crippen molar-refractivity contribution >= 4 is 0 Å². The molecule has 0 saturated heterocycles. The Morgan fingerprint density at radius 2 is 1.93 bits per heavy atom. The fourth-order valence-corrected chi connectivity index (χ4v) is 1.43. The predicted molar refractivity (Wildman–Crippen MR) is 69.9 cm³/mol. The van der Waals surface area contributed by atoms with E-state index in [9.17, 15) is 0 Å². The van der Waals surface area contributed by atoms with Gasteiger partial charge >= 0.3 is 0 Å². The van der Waals surface area contributed by atoms with E-state index in [-0.39, 0.29) is 0 Å². The second-order valence-corrected chi connectivity index (χ2v) is 5.34. The Balaban J connectivity index is 3.51. The SMILES string of the molecule is C=C(CC(C)(C)C)NC/C=C/CCCC. The summed E-state index contributed by atoms with van der Waals surface area (Å²) in [5.41, 5.74) is 1.47. The molecular formula is C14H27N. The van der Waals surface area contributed by atoms with Crippen molar-refractivity contribution in [3.63, 3.8) is 0 Å². The molecule has 0 saturated carbocycles. The molecule has 0 amide bonds. The van der Waals surface area contributed by atoms with Gasteiger partial charge in [-0.3, -0.25) is 0 Å². The van der Waals surface area contributed by atoms with Crippen LogP contribution in [0.25, 0.3) is 0 Å². The first-order chi connectivity index (χ1) is 6.95. The van der Waals surface area contributed by atoms with E-state index in [2.05, 4.69) is 51.7 Å². The van der Waals surface area contributed by atoms with Gasteiger partial charge in [0.25, 0.3) is 0 Å². The third-order valence-electron chi connectivity index (χ3n) is 2.10. The minimum Gasteiger partial charge on any atom is -0.385 e. The van der Waals surface area contributed by atoms with Gasteiger partial charge in [0, 0.05) is 12.2 Å². The van der Waals surface area contributed by atoms with Gasteiger partial charge in [-0.2, -0.15) is 0 Å². The summed E-state index contributed by atoms with van der Waals surface area (Å²) < 4.78 is 0. The van der Waals surface area contributed by atoms with E-state index in [1.165, 1.54) is 19.3 Å². The summed E-state index contributed by atoms with van der Waals surface area (Å²) in [6.45, 7) is 13.9. The molecule has 0 heterocycles. The molecule has 0 rings (SSSR count). The summed E-state index contributed by atoms with van der Waals surface area (Å²) in [5, 5.41) is 3.33. The first-order valence-electron chi connectivity index (χ1n) is 6.02. The Bertz CT molecular complexity index is 196. The molecule has 0 fully saturated rings. The Morgan fingerprint density at radius 3 is 2.47 bits per heavy atom. The predicted octanol–water partition coefficient (Wildman–Crippen LogP) is 4.27. The lowest BCUT2D eigenvalue weighted by molar-refractivity contribution is 0.400. The van der Waals surface area contributed by atoms with Crippen molar-refractivity contribution < 1.29 is 0 Å². The largest absolute Gasteiger partial charge is 0.385 e. The molecule has 0 unspecified atom stereocenters. The highest BCUT2D eigenvalue weighted by molar-refractivity contribution is 4.97. The molecular weight excluding hydrogens is 182 g/mol. The Kier molecular flexibility index (Phi) is 7.19. The minimum absolute atomic E-state index is 0.329. The minimum atomic E-state index is 0.329. The Hall–Kier alpha value is -0.720. The normalized spacial score (nSPS) is 12.0. The average Bonchev–Trinajstić information content (AvgIpc) is 2.08. The quantitative estimate of drug-likeness (QED) is 0.487. The summed E-state index contributed by atoms with van der Waals surface area (Å²) in [6.07, 6.45) is 9.25. The van der Waals surface area contributed by atoms with Crippen LogP contribution in [0.15, 0.2) is 24.4 Å². The third kappa shape index (κ3) is 11.2. The van der Waals surface area contributed by atoms with Crippen LogP contribution in [0.1, 0.15) is 53.4 Å². The van der Waals surface area contributed by atoms with Crippen LogP contribution in [0.2, 0.25) is 0 Å². The lowest BCUT2D eigenvalue weighted by Crippen LogP contribution is -2.17. The highest BCUT2D eigenvalue weighted by atomic mass is 14.9. The van der Waals surface area contributed by atoms with Gasteiger partial charge in [-0.15, -0.1) is 0 Å². The number of hydrogen-bond acceptors (Lipinski definition) is 1. The van der Waals surface area contributed by atoms with E-state index in [0.29, 0.717) is 5.41 Å². The lowest BCUT2D eigenvalue weighted by Gasteiger charge is -2.20. The average molecular weight is 209 g/mol. The zero-order valence-electron chi connectivity index (χ0n) is 10.9. The van der Waals surface area contributed by atoms with Crippen molar-refractivity contribution in [2.45, 2.75) is 53.4 Å². The smallest absolute Gasteiger partial charge is 0.0327 e. The molecule has 0 aliphatic rings. The summed E-state index contributed by atoms with van der Waals surface area (Å²) in [5.74, 6) is 0. The van der Waals surface area contributed by atoms with Crippen LogP contribution in [0.5, 0.6) is 0 Å². The first kappa shape index (κ1) is 14.3. The Morgan fingerprint density at radius 1 is 1.27 bits per heavy atom. The summed E-state index contributed by atoms with van der Waals surface area (Å²) in [6, 6.07) is 0. The van der Waals surface area contributed by atoms with Crippen LogP contribution in [-0.2, 0) is 0 Å². The number of hydrogen-bond donors (Lipinski definition) is 1. The zero-order valence-corrected chi connectivity index (χ0v) is 10.9. The van der Waals surface area contributed by atoms with Crippen molar-refractivity contribution in [2.75, 3.05) is 6.54 Å². The molecule has 88 valence electrons. The second kappa shape index (κ2) is 7.56. The van der Waals surface area contributed by atoms with Gasteiger partial charge in [0.2, 0.25) is 0 Å². The van der Waals surface area contributed by atoms with E-state index >= 15 is 0 Å². The van der Waals surface area contributed by atoms with Crippen molar-refractivity contribution in [3.8, 4) is 0 Å². The molecule has 0 aromatic rings. The van der Waals surface area contributed by atoms with Crippen LogP contribution >= 0.6 is 0 Å². The molecule has 0 atom stereocenters. The topological polar surface area (TPSA) is 12.0 Å². The van der Waals surface area contributed by atoms with Crippen molar-refractivity contribution in [2.24, 2.45) is 5.41 Å². The van der Waals surface area contributed by atoms with Gasteiger partial charge in [0.15, 0.2) is 0 Å². The maximum Gasteiger partial charge on any atom is 0.0327 e. The standard InChI is InChI=1S/C14H27N/c1-6-7-8-9-10-11-15-13(2)12-14(3,4)5/h9-10,15H,2,6-8,11-12H2,1,3-5H3/b10-9+. The monoisotopic (exact) mass is 209 g/mol. The highest BCUT2D eigenvalue weighted by Gasteiger charge is 2.10. The molecule has 1 nitrogen and oxygen atoms in total. The lowest BCUT2D eigenvalue weighted by atomic mass is 9.91. The van der Waals surface area contributed by atoms with E-state index in [1.54, 1.807) is 0 Å². The molecule has 0 spiro atoms. The number of rotatable bonds is 7. The number of unbranched alkanes of at least 4 members (excludes halogenated alkanes) is 2. The molecule has 0 aromatic heterocycles. The molecule has 0 bridgehead atoms. The van der Waals surface area contributed by atoms with E-state index < -0.39 is 0 Å². The highest BCUT2D eigenvalue weighted by Crippen LogP contribution is 2.21. The molecule has 1 heteroatoms. The molecule has 0 aliphatic heterocycles. The fraction of sp³-hybridized carbons (Fsp3) is 0.714. The first-order valence-corrected chi connectivity index (χ1v) is 6.02. The van der Waals surface area contributed by atoms with Gasteiger partial charge < -0.3 is 5.32 Å². The fourth-order valence-electron chi connectivity index (χ4n) is 1.43. The van der Waals surface area contributed by atoms with Gasteiger partial charge in [0.1, 0.15) is 0 Å². The number of allylic oxidation sites excluding steroid dienone is 2. The van der Waals surface area contributed by atoms with Gasteiger partial charge in [-0.25, -0.2) is 0 Å². The van der Waals surface area contributed by atoms with Crippen LogP contribution in [0.4, 0.5) is 0 Å². The van der Waals surface area contributed by atoms with E-state index in [4.69, 9.17) is 0 Å². The van der Waals surface area contributed by atoms with E-state index in [0.717, 1.165) is 18.7 Å². The maximum absolute atomic E-state index is 4.03. The van der Waals surface area contributed by atoms with Crippen LogP contribution in [0, 0.1) is 5.41 Å². The Labute approximate surface area is 95.7 Å². The van der Waals surface area contributed by atoms with Crippen LogP contribution in [-0.4, -0.2) is 6.54 Å². The van der Waals surface area contributed by atoms with Gasteiger partial charge in [-0.05, 0) is 18.3 Å². The molecule has 0 radical (unpaired) electrons. The second-order valence-electron chi connectivity index (χ2n) is 5.34. The third-order valence-corrected chi connectivity index (χ3v) is 2.10. The van der Waals surface area contributed by atoms with Crippen molar-refractivity contribution in [1.29, 1.82) is 0 Å². The molecule has 0 aliphatic carbocycles. The van der Waals surface area contributed by atoms with E-state index in [1.807, 2.05) is 0 Å². The van der Waals surface area contributed by atoms with Crippen LogP contribution < -0.4 is 5.32 Å². The molecule has 0 aromatic carbocycles. The summed E-state index contributed by atoms with van der Waals surface area (Å²) in [4.78, 5) is 0. The van der Waals surface area contributed by atoms with Crippen LogP contribution in [0.3, 0.4) is 0 Å². The maximum atomic E-state index is 4.03.